The fourth-order valence-corrected chi connectivity index (χ4v) is 4.49. The summed E-state index contributed by atoms with van der Waals surface area (Å²) in [5, 5.41) is 1.14. The Kier molecular flexibility index (Phi) is 6.84. The molecule has 0 N–H and O–H groups in total. The smallest absolute Gasteiger partial charge is 0.247 e. The highest BCUT2D eigenvalue weighted by atomic mass is 32.2. The molecule has 0 unspecified atom stereocenters. The zero-order valence-electron chi connectivity index (χ0n) is 16.7. The first kappa shape index (κ1) is 21.5. The molecule has 2 amide bonds. The van der Waals surface area contributed by atoms with E-state index in [0.717, 1.165) is 16.5 Å². The Morgan fingerprint density at radius 1 is 0.900 bits per heavy atom. The van der Waals surface area contributed by atoms with Gasteiger partial charge in [-0.2, -0.15) is 0 Å². The molecule has 2 aromatic carbocycles. The minimum Gasteiger partial charge on any atom is -0.338 e. The van der Waals surface area contributed by atoms with Crippen LogP contribution in [0.25, 0.3) is 0 Å². The van der Waals surface area contributed by atoms with Gasteiger partial charge in [-0.15, -0.1) is 0 Å². The average molecular weight is 425 g/mol. The van der Waals surface area contributed by atoms with E-state index < -0.39 is 21.8 Å². The molecule has 0 aliphatic carbocycles. The number of sulfone groups is 1. The molecule has 0 radical (unpaired) electrons. The number of carbonyl (C=O) groups is 2. The maximum atomic E-state index is 12.9. The molecule has 0 fully saturated rings. The highest BCUT2D eigenvalue weighted by molar-refractivity contribution is 7.94. The number of nitrogens with zero attached hydrogens (tertiary/aromatic N) is 2. The lowest BCUT2D eigenvalue weighted by atomic mass is 10.1. The average Bonchev–Trinajstić information content (AvgIpc) is 3.10. The molecule has 1 heterocycles. The zero-order chi connectivity index (χ0) is 21.6. The molecule has 1 aliphatic rings. The summed E-state index contributed by atoms with van der Waals surface area (Å²) >= 11 is 0. The van der Waals surface area contributed by atoms with Crippen LogP contribution in [-0.4, -0.2) is 48.9 Å². The monoisotopic (exact) mass is 424 g/mol. The van der Waals surface area contributed by atoms with Crippen molar-refractivity contribution in [2.75, 3.05) is 12.8 Å². The van der Waals surface area contributed by atoms with Gasteiger partial charge in [0.2, 0.25) is 11.8 Å². The first-order chi connectivity index (χ1) is 14.3. The van der Waals surface area contributed by atoms with E-state index in [1.807, 2.05) is 60.7 Å². The second-order valence-corrected chi connectivity index (χ2v) is 9.12. The lowest BCUT2D eigenvalue weighted by Gasteiger charge is -2.26. The summed E-state index contributed by atoms with van der Waals surface area (Å²) in [6, 6.07) is 18.3. The molecule has 0 aromatic heterocycles. The molecule has 2 aromatic rings. The number of rotatable bonds is 7. The van der Waals surface area contributed by atoms with E-state index in [1.165, 1.54) is 28.0 Å². The van der Waals surface area contributed by atoms with E-state index in [9.17, 15) is 18.0 Å². The Morgan fingerprint density at radius 2 is 1.43 bits per heavy atom. The molecule has 156 valence electrons. The minimum absolute atomic E-state index is 0.152. The van der Waals surface area contributed by atoms with Crippen LogP contribution in [0, 0.1) is 0 Å². The van der Waals surface area contributed by atoms with Crippen molar-refractivity contribution in [2.45, 2.75) is 19.1 Å². The van der Waals surface area contributed by atoms with Crippen molar-refractivity contribution < 1.29 is 18.0 Å². The molecular formula is C23H24N2O4S. The minimum atomic E-state index is -3.32. The quantitative estimate of drug-likeness (QED) is 0.640. The van der Waals surface area contributed by atoms with Crippen LogP contribution in [0.3, 0.4) is 0 Å². The third-order valence-corrected chi connectivity index (χ3v) is 6.18. The lowest BCUT2D eigenvalue weighted by molar-refractivity contribution is -0.129. The number of hydrogen-bond acceptors (Lipinski definition) is 4. The largest absolute Gasteiger partial charge is 0.338 e. The van der Waals surface area contributed by atoms with Crippen LogP contribution >= 0.6 is 0 Å². The summed E-state index contributed by atoms with van der Waals surface area (Å²) in [5.41, 5.74) is 1.87. The molecule has 30 heavy (non-hydrogen) atoms. The van der Waals surface area contributed by atoms with E-state index in [-0.39, 0.29) is 18.2 Å². The highest BCUT2D eigenvalue weighted by Crippen LogP contribution is 2.18. The Bertz CT molecular complexity index is 1050. The van der Waals surface area contributed by atoms with E-state index in [0.29, 0.717) is 6.54 Å². The van der Waals surface area contributed by atoms with Gasteiger partial charge in [0.25, 0.3) is 0 Å². The predicted molar refractivity (Wildman–Crippen MR) is 116 cm³/mol. The van der Waals surface area contributed by atoms with Gasteiger partial charge in [-0.25, -0.2) is 8.42 Å². The van der Waals surface area contributed by atoms with Crippen molar-refractivity contribution in [1.82, 2.24) is 9.80 Å². The van der Waals surface area contributed by atoms with Crippen LogP contribution in [-0.2, 0) is 32.5 Å². The summed E-state index contributed by atoms with van der Waals surface area (Å²) < 4.78 is 23.7. The van der Waals surface area contributed by atoms with Crippen molar-refractivity contribution in [3.63, 3.8) is 0 Å². The molecule has 0 saturated heterocycles. The molecule has 0 spiro atoms. The molecule has 7 heteroatoms. The van der Waals surface area contributed by atoms with Gasteiger partial charge in [-0.1, -0.05) is 60.7 Å². The first-order valence-corrected chi connectivity index (χ1v) is 11.3. The molecule has 6 nitrogen and oxygen atoms in total. The van der Waals surface area contributed by atoms with E-state index in [4.69, 9.17) is 0 Å². The van der Waals surface area contributed by atoms with E-state index >= 15 is 0 Å². The number of benzene rings is 2. The fraction of sp³-hybridized carbons (Fsp3) is 0.217. The summed E-state index contributed by atoms with van der Waals surface area (Å²) in [6.07, 6.45) is 3.97. The first-order valence-electron chi connectivity index (χ1n) is 9.57. The van der Waals surface area contributed by atoms with Gasteiger partial charge in [-0.05, 0) is 17.2 Å². The van der Waals surface area contributed by atoms with Gasteiger partial charge in [0.15, 0.2) is 9.84 Å². The fourth-order valence-electron chi connectivity index (χ4n) is 3.19. The maximum Gasteiger partial charge on any atom is 0.247 e. The molecule has 1 aliphatic heterocycles. The second kappa shape index (κ2) is 9.54. The SMILES string of the molecule is CN(Cc1ccccc1)C(=O)/C=C/C(=O)N(Cc1ccccc1)[C@@H]1C=CS(=O)(=O)C1. The number of likely N-dealkylation sites (N-methyl/N-ethyl adjacent to an activating group) is 1. The third-order valence-electron chi connectivity index (χ3n) is 4.80. The van der Waals surface area contributed by atoms with Crippen LogP contribution < -0.4 is 0 Å². The van der Waals surface area contributed by atoms with Gasteiger partial charge in [0, 0.05) is 37.7 Å². The molecule has 1 atom stereocenters. The Balaban J connectivity index is 1.70. The molecule has 0 saturated carbocycles. The van der Waals surface area contributed by atoms with E-state index in [1.54, 1.807) is 7.05 Å². The van der Waals surface area contributed by atoms with Crippen molar-refractivity contribution in [2.24, 2.45) is 0 Å². The van der Waals surface area contributed by atoms with Gasteiger partial charge < -0.3 is 9.80 Å². The number of carbonyl (C=O) groups excluding carboxylic acids is 2. The predicted octanol–water partition coefficient (Wildman–Crippen LogP) is 2.54. The molecule has 0 bridgehead atoms. The van der Waals surface area contributed by atoms with Gasteiger partial charge in [-0.3, -0.25) is 9.59 Å². The third kappa shape index (κ3) is 5.90. The topological polar surface area (TPSA) is 74.8 Å². The Labute approximate surface area is 177 Å². The number of hydrogen-bond donors (Lipinski definition) is 0. The number of amides is 2. The normalized spacial score (nSPS) is 17.2. The van der Waals surface area contributed by atoms with Crippen molar-refractivity contribution in [3.8, 4) is 0 Å². The van der Waals surface area contributed by atoms with Crippen LogP contribution in [0.15, 0.2) is 84.3 Å². The summed E-state index contributed by atoms with van der Waals surface area (Å²) in [5.74, 6) is -0.866. The van der Waals surface area contributed by atoms with Gasteiger partial charge in [0.05, 0.1) is 11.8 Å². The zero-order valence-corrected chi connectivity index (χ0v) is 17.5. The van der Waals surface area contributed by atoms with Crippen molar-refractivity contribution in [1.29, 1.82) is 0 Å². The lowest BCUT2D eigenvalue weighted by Crippen LogP contribution is -2.39. The maximum absolute atomic E-state index is 12.9. The molecular weight excluding hydrogens is 400 g/mol. The molecule has 3 rings (SSSR count). The Hall–Kier alpha value is -3.19. The van der Waals surface area contributed by atoms with Gasteiger partial charge in [0.1, 0.15) is 0 Å². The second-order valence-electron chi connectivity index (χ2n) is 7.19. The van der Waals surface area contributed by atoms with E-state index in [2.05, 4.69) is 0 Å². The summed E-state index contributed by atoms with van der Waals surface area (Å²) in [7, 11) is -1.65. The van der Waals surface area contributed by atoms with Crippen molar-refractivity contribution in [3.05, 3.63) is 95.4 Å². The standard InChI is InChI=1S/C23H24N2O4S/c1-24(16-19-8-4-2-5-9-19)22(26)12-13-23(27)25(17-20-10-6-3-7-11-20)21-14-15-30(28,29)18-21/h2-15,21H,16-18H2,1H3/b13-12+/t21-/m1/s1. The van der Waals surface area contributed by atoms with Crippen LogP contribution in [0.4, 0.5) is 0 Å². The van der Waals surface area contributed by atoms with Crippen molar-refractivity contribution >= 4 is 21.7 Å². The summed E-state index contributed by atoms with van der Waals surface area (Å²) in [4.78, 5) is 28.3. The van der Waals surface area contributed by atoms with Crippen LogP contribution in [0.5, 0.6) is 0 Å². The van der Waals surface area contributed by atoms with Crippen LogP contribution in [0.2, 0.25) is 0 Å². The highest BCUT2D eigenvalue weighted by Gasteiger charge is 2.29. The van der Waals surface area contributed by atoms with Gasteiger partial charge >= 0.3 is 0 Å². The Morgan fingerprint density at radius 3 is 1.97 bits per heavy atom. The van der Waals surface area contributed by atoms with Crippen LogP contribution in [0.1, 0.15) is 11.1 Å². The summed E-state index contributed by atoms with van der Waals surface area (Å²) in [6.45, 7) is 0.679.